The zero-order valence-electron chi connectivity index (χ0n) is 16.3. The quantitative estimate of drug-likeness (QED) is 0.852. The Morgan fingerprint density at radius 1 is 1.04 bits per heavy atom. The van der Waals surface area contributed by atoms with Crippen LogP contribution < -0.4 is 10.2 Å². The molecule has 28 heavy (non-hydrogen) atoms. The first-order chi connectivity index (χ1) is 13.8. The molecule has 1 aromatic heterocycles. The molecule has 7 heteroatoms. The molecule has 1 aliphatic heterocycles. The van der Waals surface area contributed by atoms with Crippen LogP contribution in [0, 0.1) is 0 Å². The van der Waals surface area contributed by atoms with Crippen molar-refractivity contribution in [3.05, 3.63) is 41.7 Å². The van der Waals surface area contributed by atoms with E-state index in [1.165, 1.54) is 36.4 Å². The fraction of sp³-hybridized carbons (Fsp3) is 0.571. The Morgan fingerprint density at radius 3 is 2.68 bits per heavy atom. The average Bonchev–Trinajstić information content (AvgIpc) is 3.04. The molecule has 150 valence electrons. The number of hydrogen-bond donors (Lipinski definition) is 1. The molecule has 2 aliphatic rings. The van der Waals surface area contributed by atoms with Crippen LogP contribution in [-0.2, 0) is 6.42 Å². The Kier molecular flexibility index (Phi) is 6.41. The first kappa shape index (κ1) is 19.2. The Balaban J connectivity index is 1.30. The van der Waals surface area contributed by atoms with Gasteiger partial charge in [-0.1, -0.05) is 49.6 Å². The van der Waals surface area contributed by atoms with Gasteiger partial charge in [0.05, 0.1) is 0 Å². The molecule has 6 nitrogen and oxygen atoms in total. The molecule has 0 bridgehead atoms. The number of amides is 2. The van der Waals surface area contributed by atoms with E-state index >= 15 is 0 Å². The monoisotopic (exact) mass is 399 g/mol. The number of aromatic nitrogens is 2. The molecule has 0 unspecified atom stereocenters. The van der Waals surface area contributed by atoms with Gasteiger partial charge in [0, 0.05) is 50.2 Å². The highest BCUT2D eigenvalue weighted by Gasteiger charge is 2.23. The topological polar surface area (TPSA) is 61.4 Å². The maximum absolute atomic E-state index is 12.6. The number of nitrogens with zero attached hydrogens (tertiary/aromatic N) is 4. The van der Waals surface area contributed by atoms with Crippen LogP contribution in [0.1, 0.15) is 49.9 Å². The van der Waals surface area contributed by atoms with E-state index < -0.39 is 0 Å². The van der Waals surface area contributed by atoms with Crippen molar-refractivity contribution in [2.75, 3.05) is 31.1 Å². The van der Waals surface area contributed by atoms with E-state index in [1.807, 2.05) is 23.1 Å². The van der Waals surface area contributed by atoms with Crippen LogP contribution in [-0.4, -0.2) is 52.5 Å². The first-order valence-electron chi connectivity index (χ1n) is 10.4. The predicted molar refractivity (Wildman–Crippen MR) is 113 cm³/mol. The molecule has 1 saturated carbocycles. The summed E-state index contributed by atoms with van der Waals surface area (Å²) in [4.78, 5) is 21.6. The summed E-state index contributed by atoms with van der Waals surface area (Å²) in [7, 11) is 0. The van der Waals surface area contributed by atoms with Crippen molar-refractivity contribution in [3.63, 3.8) is 0 Å². The second-order valence-corrected chi connectivity index (χ2v) is 8.50. The van der Waals surface area contributed by atoms with E-state index in [0.29, 0.717) is 6.04 Å². The molecule has 2 heterocycles. The third kappa shape index (κ3) is 5.01. The van der Waals surface area contributed by atoms with Gasteiger partial charge in [-0.05, 0) is 24.8 Å². The van der Waals surface area contributed by atoms with Crippen molar-refractivity contribution in [3.8, 4) is 0 Å². The van der Waals surface area contributed by atoms with Gasteiger partial charge in [0.1, 0.15) is 5.82 Å². The highest BCUT2D eigenvalue weighted by Crippen LogP contribution is 2.21. The summed E-state index contributed by atoms with van der Waals surface area (Å²) in [6.45, 7) is 3.29. The third-order valence-electron chi connectivity index (χ3n) is 5.65. The molecule has 1 N–H and O–H groups in total. The van der Waals surface area contributed by atoms with E-state index in [2.05, 4.69) is 26.7 Å². The van der Waals surface area contributed by atoms with E-state index in [-0.39, 0.29) is 6.03 Å². The van der Waals surface area contributed by atoms with Crippen LogP contribution in [0.3, 0.4) is 0 Å². The molecule has 2 amide bonds. The van der Waals surface area contributed by atoms with Crippen molar-refractivity contribution in [2.24, 2.45) is 0 Å². The van der Waals surface area contributed by atoms with Gasteiger partial charge in [-0.2, -0.15) is 4.37 Å². The second kappa shape index (κ2) is 9.37. The Morgan fingerprint density at radius 2 is 1.86 bits per heavy atom. The van der Waals surface area contributed by atoms with Crippen molar-refractivity contribution >= 4 is 22.7 Å². The fourth-order valence-corrected chi connectivity index (χ4v) is 4.78. The molecule has 0 atom stereocenters. The molecule has 1 aliphatic carbocycles. The summed E-state index contributed by atoms with van der Waals surface area (Å²) in [5, 5.41) is 4.22. The van der Waals surface area contributed by atoms with Gasteiger partial charge < -0.3 is 15.1 Å². The number of anilines is 1. The molecule has 2 aromatic rings. The van der Waals surface area contributed by atoms with Gasteiger partial charge in [-0.15, -0.1) is 0 Å². The van der Waals surface area contributed by atoms with Crippen LogP contribution in [0.2, 0.25) is 0 Å². The molecule has 0 radical (unpaired) electrons. The number of carbonyl (C=O) groups excluding carboxylic acids is 1. The van der Waals surface area contributed by atoms with E-state index in [0.717, 1.165) is 62.8 Å². The SMILES string of the molecule is O=C(NC1CCCCC1)N1CCCN(c2nc(Cc3ccccc3)ns2)CC1. The number of nitrogens with one attached hydrogen (secondary N) is 1. The Bertz CT molecular complexity index is 759. The van der Waals surface area contributed by atoms with Crippen molar-refractivity contribution in [1.29, 1.82) is 0 Å². The van der Waals surface area contributed by atoms with E-state index in [4.69, 9.17) is 4.98 Å². The molecule has 1 aromatic carbocycles. The highest BCUT2D eigenvalue weighted by molar-refractivity contribution is 7.09. The maximum atomic E-state index is 12.6. The van der Waals surface area contributed by atoms with Gasteiger partial charge in [-0.25, -0.2) is 9.78 Å². The summed E-state index contributed by atoms with van der Waals surface area (Å²) in [6, 6.07) is 10.8. The smallest absolute Gasteiger partial charge is 0.317 e. The van der Waals surface area contributed by atoms with Gasteiger partial charge in [0.2, 0.25) is 5.13 Å². The lowest BCUT2D eigenvalue weighted by Gasteiger charge is -2.27. The normalized spacial score (nSPS) is 18.7. The lowest BCUT2D eigenvalue weighted by atomic mass is 9.96. The standard InChI is InChI=1S/C21H29N5OS/c27-20(22-18-10-5-2-6-11-18)25-12-7-13-26(15-14-25)21-23-19(24-28-21)16-17-8-3-1-4-9-17/h1,3-4,8-9,18H,2,5-7,10-16H2,(H,22,27). The van der Waals surface area contributed by atoms with Gasteiger partial charge >= 0.3 is 6.03 Å². The van der Waals surface area contributed by atoms with Crippen molar-refractivity contribution in [2.45, 2.75) is 51.0 Å². The second-order valence-electron chi connectivity index (χ2n) is 7.77. The number of rotatable bonds is 4. The van der Waals surface area contributed by atoms with Gasteiger partial charge in [-0.3, -0.25) is 0 Å². The average molecular weight is 400 g/mol. The maximum Gasteiger partial charge on any atom is 0.317 e. The van der Waals surface area contributed by atoms with E-state index in [1.54, 1.807) is 0 Å². The number of urea groups is 1. The van der Waals surface area contributed by atoms with Gasteiger partial charge in [0.25, 0.3) is 0 Å². The first-order valence-corrected chi connectivity index (χ1v) is 11.2. The van der Waals surface area contributed by atoms with Crippen LogP contribution in [0.15, 0.2) is 30.3 Å². The zero-order valence-corrected chi connectivity index (χ0v) is 17.2. The fourth-order valence-electron chi connectivity index (χ4n) is 4.05. The minimum absolute atomic E-state index is 0.107. The molecular weight excluding hydrogens is 370 g/mol. The van der Waals surface area contributed by atoms with Crippen LogP contribution in [0.25, 0.3) is 0 Å². The summed E-state index contributed by atoms with van der Waals surface area (Å²) < 4.78 is 4.54. The van der Waals surface area contributed by atoms with Crippen molar-refractivity contribution < 1.29 is 4.79 Å². The summed E-state index contributed by atoms with van der Waals surface area (Å²) in [5.74, 6) is 0.877. The summed E-state index contributed by atoms with van der Waals surface area (Å²) in [6.07, 6.45) is 7.76. The van der Waals surface area contributed by atoms with Crippen molar-refractivity contribution in [1.82, 2.24) is 19.6 Å². The van der Waals surface area contributed by atoms with Gasteiger partial charge in [0.15, 0.2) is 0 Å². The Hall–Kier alpha value is -2.15. The van der Waals surface area contributed by atoms with Crippen LogP contribution >= 0.6 is 11.5 Å². The highest BCUT2D eigenvalue weighted by atomic mass is 32.1. The molecule has 4 rings (SSSR count). The van der Waals surface area contributed by atoms with Crippen LogP contribution in [0.5, 0.6) is 0 Å². The molecule has 1 saturated heterocycles. The Labute approximate surface area is 171 Å². The molecule has 2 fully saturated rings. The summed E-state index contributed by atoms with van der Waals surface area (Å²) in [5.41, 5.74) is 1.23. The number of carbonyl (C=O) groups is 1. The third-order valence-corrected chi connectivity index (χ3v) is 6.46. The minimum atomic E-state index is 0.107. The summed E-state index contributed by atoms with van der Waals surface area (Å²) >= 11 is 1.47. The zero-order chi connectivity index (χ0) is 19.2. The molecule has 0 spiro atoms. The number of hydrogen-bond acceptors (Lipinski definition) is 5. The van der Waals surface area contributed by atoms with Crippen LogP contribution in [0.4, 0.5) is 9.93 Å². The predicted octanol–water partition coefficient (Wildman–Crippen LogP) is 3.68. The molecular formula is C21H29N5OS. The van der Waals surface area contributed by atoms with E-state index in [9.17, 15) is 4.79 Å². The lowest BCUT2D eigenvalue weighted by Crippen LogP contribution is -2.46. The largest absolute Gasteiger partial charge is 0.345 e. The number of benzene rings is 1. The lowest BCUT2D eigenvalue weighted by molar-refractivity contribution is 0.193. The minimum Gasteiger partial charge on any atom is -0.345 e.